The summed E-state index contributed by atoms with van der Waals surface area (Å²) in [5.74, 6) is 1.27. The summed E-state index contributed by atoms with van der Waals surface area (Å²) in [6, 6.07) is 0. The van der Waals surface area contributed by atoms with E-state index in [9.17, 15) is 4.79 Å². The topological polar surface area (TPSA) is 51.2 Å². The number of likely N-dealkylation sites (tertiary alicyclic amines) is 1. The van der Waals surface area contributed by atoms with Crippen LogP contribution in [0, 0.1) is 5.41 Å². The van der Waals surface area contributed by atoms with Crippen molar-refractivity contribution in [3.8, 4) is 0 Å². The van der Waals surface area contributed by atoms with Crippen molar-refractivity contribution >= 4 is 11.9 Å². The van der Waals surface area contributed by atoms with Gasteiger partial charge in [0.2, 0.25) is 5.91 Å². The van der Waals surface area contributed by atoms with Crippen LogP contribution in [0.1, 0.15) is 53.4 Å². The summed E-state index contributed by atoms with van der Waals surface area (Å²) in [4.78, 5) is 23.2. The number of rotatable bonds is 6. The summed E-state index contributed by atoms with van der Waals surface area (Å²) in [5, 5.41) is 3.50. The van der Waals surface area contributed by atoms with Gasteiger partial charge in [0, 0.05) is 59.3 Å². The highest BCUT2D eigenvalue weighted by molar-refractivity contribution is 5.80. The molecule has 0 spiro atoms. The average Bonchev–Trinajstić information content (AvgIpc) is 2.61. The fourth-order valence-corrected chi connectivity index (χ4v) is 4.31. The van der Waals surface area contributed by atoms with Gasteiger partial charge in [-0.2, -0.15) is 0 Å². The third kappa shape index (κ3) is 6.15. The molecule has 1 N–H and O–H groups in total. The van der Waals surface area contributed by atoms with Crippen molar-refractivity contribution in [2.75, 3.05) is 58.9 Å². The number of hydrogen-bond acceptors (Lipinski definition) is 3. The van der Waals surface area contributed by atoms with Crippen molar-refractivity contribution in [3.63, 3.8) is 0 Å². The number of guanidine groups is 1. The summed E-state index contributed by atoms with van der Waals surface area (Å²) in [6.45, 7) is 17.1. The van der Waals surface area contributed by atoms with E-state index in [0.717, 1.165) is 64.9 Å². The number of nitrogens with one attached hydrogen (secondary N) is 1. The molecule has 150 valence electrons. The van der Waals surface area contributed by atoms with Crippen LogP contribution in [0.2, 0.25) is 0 Å². The van der Waals surface area contributed by atoms with E-state index in [4.69, 9.17) is 4.99 Å². The zero-order chi connectivity index (χ0) is 19.0. The molecule has 6 heteroatoms. The number of nitrogens with zero attached hydrogens (tertiary/aromatic N) is 4. The minimum atomic E-state index is 0.192. The van der Waals surface area contributed by atoms with E-state index in [0.29, 0.717) is 5.41 Å². The quantitative estimate of drug-likeness (QED) is 0.578. The first-order valence-electron chi connectivity index (χ1n) is 10.5. The van der Waals surface area contributed by atoms with Crippen molar-refractivity contribution in [2.24, 2.45) is 10.4 Å². The van der Waals surface area contributed by atoms with Gasteiger partial charge in [-0.15, -0.1) is 0 Å². The second kappa shape index (κ2) is 10.1. The molecule has 0 aromatic rings. The van der Waals surface area contributed by atoms with Crippen molar-refractivity contribution < 1.29 is 4.79 Å². The standard InChI is InChI=1S/C20H39N5O/c1-5-8-20(4)9-7-11-25(17-20)19(21-6-2)22-10-12-23-13-15-24(16-14-23)18(3)26/h5-17H2,1-4H3,(H,21,22). The number of hydrogen-bond donors (Lipinski definition) is 1. The highest BCUT2D eigenvalue weighted by Gasteiger charge is 2.31. The molecule has 0 radical (unpaired) electrons. The van der Waals surface area contributed by atoms with E-state index < -0.39 is 0 Å². The number of piperazine rings is 1. The van der Waals surface area contributed by atoms with E-state index in [2.05, 4.69) is 35.9 Å². The predicted molar refractivity (Wildman–Crippen MR) is 108 cm³/mol. The molecular weight excluding hydrogens is 326 g/mol. The normalized spacial score (nSPS) is 25.5. The molecule has 2 rings (SSSR count). The van der Waals surface area contributed by atoms with Gasteiger partial charge in [0.05, 0.1) is 6.54 Å². The van der Waals surface area contributed by atoms with Gasteiger partial charge >= 0.3 is 0 Å². The Labute approximate surface area is 160 Å². The maximum Gasteiger partial charge on any atom is 0.219 e. The molecule has 2 aliphatic rings. The first-order valence-corrected chi connectivity index (χ1v) is 10.5. The van der Waals surface area contributed by atoms with Gasteiger partial charge in [-0.05, 0) is 31.6 Å². The number of aliphatic imine (C=N–C) groups is 1. The van der Waals surface area contributed by atoms with Crippen LogP contribution >= 0.6 is 0 Å². The molecule has 0 bridgehead atoms. The van der Waals surface area contributed by atoms with Gasteiger partial charge in [-0.1, -0.05) is 20.3 Å². The van der Waals surface area contributed by atoms with Gasteiger partial charge < -0.3 is 15.1 Å². The predicted octanol–water partition coefficient (Wildman–Crippen LogP) is 2.02. The van der Waals surface area contributed by atoms with Gasteiger partial charge in [0.1, 0.15) is 0 Å². The lowest BCUT2D eigenvalue weighted by atomic mass is 9.78. The summed E-state index contributed by atoms with van der Waals surface area (Å²) in [7, 11) is 0. The molecule has 2 aliphatic heterocycles. The Bertz CT molecular complexity index is 469. The van der Waals surface area contributed by atoms with Crippen LogP contribution in [0.3, 0.4) is 0 Å². The lowest BCUT2D eigenvalue weighted by Crippen LogP contribution is -2.50. The maximum atomic E-state index is 11.4. The first kappa shape index (κ1) is 21.0. The summed E-state index contributed by atoms with van der Waals surface area (Å²) in [6.07, 6.45) is 5.14. The van der Waals surface area contributed by atoms with Crippen molar-refractivity contribution in [3.05, 3.63) is 0 Å². The van der Waals surface area contributed by atoms with Crippen LogP contribution in [0.25, 0.3) is 0 Å². The van der Waals surface area contributed by atoms with Crippen molar-refractivity contribution in [1.82, 2.24) is 20.0 Å². The molecule has 0 aromatic heterocycles. The third-order valence-electron chi connectivity index (χ3n) is 5.76. The minimum absolute atomic E-state index is 0.192. The Hall–Kier alpha value is -1.30. The maximum absolute atomic E-state index is 11.4. The Morgan fingerprint density at radius 3 is 2.46 bits per heavy atom. The van der Waals surface area contributed by atoms with E-state index in [1.807, 2.05) is 4.90 Å². The lowest BCUT2D eigenvalue weighted by Gasteiger charge is -2.42. The highest BCUT2D eigenvalue weighted by Crippen LogP contribution is 2.33. The van der Waals surface area contributed by atoms with Crippen LogP contribution in [0.4, 0.5) is 0 Å². The average molecular weight is 366 g/mol. The van der Waals surface area contributed by atoms with Gasteiger partial charge in [0.25, 0.3) is 0 Å². The number of carbonyl (C=O) groups excluding carboxylic acids is 1. The van der Waals surface area contributed by atoms with Crippen LogP contribution in [-0.4, -0.2) is 85.5 Å². The molecule has 0 saturated carbocycles. The smallest absolute Gasteiger partial charge is 0.219 e. The molecule has 6 nitrogen and oxygen atoms in total. The second-order valence-electron chi connectivity index (χ2n) is 8.17. The number of piperidine rings is 1. The molecule has 0 aliphatic carbocycles. The fraction of sp³-hybridized carbons (Fsp3) is 0.900. The van der Waals surface area contributed by atoms with Crippen LogP contribution in [-0.2, 0) is 4.79 Å². The monoisotopic (exact) mass is 365 g/mol. The Kier molecular flexibility index (Phi) is 8.19. The van der Waals surface area contributed by atoms with E-state index in [1.54, 1.807) is 6.92 Å². The van der Waals surface area contributed by atoms with Gasteiger partial charge in [-0.25, -0.2) is 0 Å². The molecule has 2 heterocycles. The number of carbonyl (C=O) groups is 1. The Balaban J connectivity index is 1.85. The molecule has 26 heavy (non-hydrogen) atoms. The van der Waals surface area contributed by atoms with E-state index in [-0.39, 0.29) is 5.91 Å². The third-order valence-corrected chi connectivity index (χ3v) is 5.76. The fourth-order valence-electron chi connectivity index (χ4n) is 4.31. The molecule has 1 amide bonds. The van der Waals surface area contributed by atoms with Crippen LogP contribution in [0.5, 0.6) is 0 Å². The van der Waals surface area contributed by atoms with E-state index >= 15 is 0 Å². The highest BCUT2D eigenvalue weighted by atomic mass is 16.2. The largest absolute Gasteiger partial charge is 0.357 e. The summed E-state index contributed by atoms with van der Waals surface area (Å²) >= 11 is 0. The Morgan fingerprint density at radius 2 is 1.85 bits per heavy atom. The van der Waals surface area contributed by atoms with E-state index in [1.165, 1.54) is 25.7 Å². The molecule has 1 atom stereocenters. The second-order valence-corrected chi connectivity index (χ2v) is 8.17. The zero-order valence-electron chi connectivity index (χ0n) is 17.4. The Morgan fingerprint density at radius 1 is 1.12 bits per heavy atom. The SMILES string of the molecule is CCCC1(C)CCCN(C(=NCCN2CCN(C(C)=O)CC2)NCC)C1. The molecule has 2 fully saturated rings. The van der Waals surface area contributed by atoms with Crippen LogP contribution in [0.15, 0.2) is 4.99 Å². The van der Waals surface area contributed by atoms with Crippen molar-refractivity contribution in [1.29, 1.82) is 0 Å². The molecule has 1 unspecified atom stereocenters. The van der Waals surface area contributed by atoms with Crippen LogP contribution < -0.4 is 5.32 Å². The van der Waals surface area contributed by atoms with Crippen molar-refractivity contribution in [2.45, 2.75) is 53.4 Å². The minimum Gasteiger partial charge on any atom is -0.357 e. The molecule has 2 saturated heterocycles. The zero-order valence-corrected chi connectivity index (χ0v) is 17.4. The molecular formula is C20H39N5O. The summed E-state index contributed by atoms with van der Waals surface area (Å²) in [5.41, 5.74) is 0.423. The molecule has 0 aromatic carbocycles. The van der Waals surface area contributed by atoms with Gasteiger partial charge in [-0.3, -0.25) is 14.7 Å². The lowest BCUT2D eigenvalue weighted by molar-refractivity contribution is -0.130. The van der Waals surface area contributed by atoms with Gasteiger partial charge in [0.15, 0.2) is 5.96 Å². The number of amides is 1. The summed E-state index contributed by atoms with van der Waals surface area (Å²) < 4.78 is 0. The first-order chi connectivity index (χ1) is 12.5.